The maximum absolute atomic E-state index is 12.2. The molecule has 0 unspecified atom stereocenters. The van der Waals surface area contributed by atoms with Crippen LogP contribution in [0.5, 0.6) is 0 Å². The number of hydrogen-bond donors (Lipinski definition) is 1. The first kappa shape index (κ1) is 14.8. The van der Waals surface area contributed by atoms with Gasteiger partial charge < -0.3 is 10.0 Å². The molecule has 0 aromatic carbocycles. The van der Waals surface area contributed by atoms with Gasteiger partial charge in [-0.2, -0.15) is 0 Å². The maximum Gasteiger partial charge on any atom is 0.233 e. The predicted octanol–water partition coefficient (Wildman–Crippen LogP) is 1.37. The summed E-state index contributed by atoms with van der Waals surface area (Å²) in [6.07, 6.45) is 0.995. The van der Waals surface area contributed by atoms with Crippen molar-refractivity contribution in [1.82, 2.24) is 9.80 Å². The van der Waals surface area contributed by atoms with Crippen LogP contribution in [-0.4, -0.2) is 65.9 Å². The molecule has 2 heterocycles. The summed E-state index contributed by atoms with van der Waals surface area (Å²) in [6.45, 7) is 4.38. The van der Waals surface area contributed by atoms with Gasteiger partial charge in [0, 0.05) is 26.2 Å². The first-order valence-corrected chi connectivity index (χ1v) is 8.43. The molecule has 1 aliphatic heterocycles. The lowest BCUT2D eigenvalue weighted by Gasteiger charge is -2.21. The number of carbonyl (C=O) groups excluding carboxylic acids is 1. The van der Waals surface area contributed by atoms with E-state index < -0.39 is 0 Å². The summed E-state index contributed by atoms with van der Waals surface area (Å²) in [4.78, 5) is 16.3. The Kier molecular flexibility index (Phi) is 6.16. The summed E-state index contributed by atoms with van der Waals surface area (Å²) in [5.74, 6) is 0.754. The normalized spacial score (nSPS) is 17.4. The van der Waals surface area contributed by atoms with Crippen molar-refractivity contribution >= 4 is 29.0 Å². The summed E-state index contributed by atoms with van der Waals surface area (Å²) in [7, 11) is 0. The van der Waals surface area contributed by atoms with Crippen LogP contribution in [0, 0.1) is 0 Å². The maximum atomic E-state index is 12.2. The standard InChI is InChI=1S/C13H20N2O2S2/c16-9-8-14-4-2-5-15(7-6-14)12(17)11-19-13-3-1-10-18-13/h1,3,10,16H,2,4-9,11H2. The number of thiophene rings is 1. The minimum atomic E-state index is 0.197. The molecule has 0 atom stereocenters. The number of nitrogens with zero attached hydrogens (tertiary/aromatic N) is 2. The second-order valence-corrected chi connectivity index (χ2v) is 6.74. The fraction of sp³-hybridized carbons (Fsp3) is 0.615. The fourth-order valence-corrected chi connectivity index (χ4v) is 3.84. The molecule has 19 heavy (non-hydrogen) atoms. The quantitative estimate of drug-likeness (QED) is 0.834. The number of hydrogen-bond acceptors (Lipinski definition) is 5. The largest absolute Gasteiger partial charge is 0.395 e. The Labute approximate surface area is 122 Å². The lowest BCUT2D eigenvalue weighted by Crippen LogP contribution is -2.36. The van der Waals surface area contributed by atoms with Gasteiger partial charge in [-0.15, -0.1) is 23.1 Å². The highest BCUT2D eigenvalue weighted by atomic mass is 32.2. The molecule has 4 nitrogen and oxygen atoms in total. The Hall–Kier alpha value is -0.560. The number of rotatable bonds is 5. The molecule has 1 aliphatic rings. The molecule has 0 saturated carbocycles. The molecule has 1 N–H and O–H groups in total. The van der Waals surface area contributed by atoms with Crippen LogP contribution in [0.15, 0.2) is 21.7 Å². The van der Waals surface area contributed by atoms with E-state index in [2.05, 4.69) is 4.90 Å². The van der Waals surface area contributed by atoms with Crippen molar-refractivity contribution in [2.75, 3.05) is 45.1 Å². The zero-order valence-corrected chi connectivity index (χ0v) is 12.6. The number of aliphatic hydroxyl groups is 1. The molecule has 6 heteroatoms. The van der Waals surface area contributed by atoms with E-state index >= 15 is 0 Å². The van der Waals surface area contributed by atoms with Gasteiger partial charge in [0.1, 0.15) is 0 Å². The highest BCUT2D eigenvalue weighted by Gasteiger charge is 2.18. The summed E-state index contributed by atoms with van der Waals surface area (Å²) < 4.78 is 1.20. The van der Waals surface area contributed by atoms with Crippen LogP contribution in [0.25, 0.3) is 0 Å². The van der Waals surface area contributed by atoms with Gasteiger partial charge in [-0.05, 0) is 24.4 Å². The highest BCUT2D eigenvalue weighted by Crippen LogP contribution is 2.23. The third-order valence-corrected chi connectivity index (χ3v) is 5.31. The lowest BCUT2D eigenvalue weighted by molar-refractivity contribution is -0.128. The Bertz CT molecular complexity index is 384. The Morgan fingerprint density at radius 3 is 3.00 bits per heavy atom. The molecule has 1 fully saturated rings. The van der Waals surface area contributed by atoms with E-state index in [0.29, 0.717) is 12.3 Å². The van der Waals surface area contributed by atoms with Crippen LogP contribution in [0.1, 0.15) is 6.42 Å². The molecule has 1 aromatic rings. The molecular weight excluding hydrogens is 280 g/mol. The van der Waals surface area contributed by atoms with Gasteiger partial charge in [0.05, 0.1) is 16.6 Å². The molecule has 1 saturated heterocycles. The topological polar surface area (TPSA) is 43.8 Å². The molecule has 0 spiro atoms. The van der Waals surface area contributed by atoms with E-state index in [-0.39, 0.29) is 12.5 Å². The van der Waals surface area contributed by atoms with E-state index in [1.54, 1.807) is 23.1 Å². The summed E-state index contributed by atoms with van der Waals surface area (Å²) >= 11 is 3.30. The van der Waals surface area contributed by atoms with Gasteiger partial charge in [0.2, 0.25) is 5.91 Å². The van der Waals surface area contributed by atoms with Crippen LogP contribution >= 0.6 is 23.1 Å². The Morgan fingerprint density at radius 2 is 2.26 bits per heavy atom. The second-order valence-electron chi connectivity index (χ2n) is 4.52. The van der Waals surface area contributed by atoms with E-state index in [1.807, 2.05) is 22.4 Å². The Balaban J connectivity index is 1.76. The van der Waals surface area contributed by atoms with Crippen molar-refractivity contribution in [2.45, 2.75) is 10.6 Å². The minimum Gasteiger partial charge on any atom is -0.395 e. The zero-order valence-electron chi connectivity index (χ0n) is 11.0. The number of β-amino-alcohol motifs (C(OH)–C–C–N with tert-alkyl or cyclic N) is 1. The molecule has 2 rings (SSSR count). The highest BCUT2D eigenvalue weighted by molar-refractivity contribution is 8.01. The molecule has 106 valence electrons. The van der Waals surface area contributed by atoms with Crippen molar-refractivity contribution < 1.29 is 9.90 Å². The second kappa shape index (κ2) is 7.89. The van der Waals surface area contributed by atoms with Gasteiger partial charge in [0.15, 0.2) is 0 Å². The van der Waals surface area contributed by atoms with Gasteiger partial charge in [-0.3, -0.25) is 9.69 Å². The molecule has 1 amide bonds. The van der Waals surface area contributed by atoms with Crippen molar-refractivity contribution in [1.29, 1.82) is 0 Å². The third kappa shape index (κ3) is 4.80. The van der Waals surface area contributed by atoms with Crippen LogP contribution in [0.3, 0.4) is 0 Å². The third-order valence-electron chi connectivity index (χ3n) is 3.19. The number of aliphatic hydroxyl groups excluding tert-OH is 1. The van der Waals surface area contributed by atoms with Crippen LogP contribution in [0.2, 0.25) is 0 Å². The van der Waals surface area contributed by atoms with E-state index in [1.165, 1.54) is 4.21 Å². The number of amides is 1. The average molecular weight is 300 g/mol. The van der Waals surface area contributed by atoms with Crippen LogP contribution in [0.4, 0.5) is 0 Å². The molecule has 0 aliphatic carbocycles. The lowest BCUT2D eigenvalue weighted by atomic mass is 10.4. The molecular formula is C13H20N2O2S2. The van der Waals surface area contributed by atoms with E-state index in [0.717, 1.165) is 32.6 Å². The predicted molar refractivity (Wildman–Crippen MR) is 79.8 cm³/mol. The van der Waals surface area contributed by atoms with Gasteiger partial charge in [0.25, 0.3) is 0 Å². The number of carbonyl (C=O) groups is 1. The first-order valence-electron chi connectivity index (χ1n) is 6.57. The monoisotopic (exact) mass is 300 g/mol. The van der Waals surface area contributed by atoms with Gasteiger partial charge in [-0.25, -0.2) is 0 Å². The molecule has 0 bridgehead atoms. The van der Waals surface area contributed by atoms with E-state index in [4.69, 9.17) is 5.11 Å². The zero-order chi connectivity index (χ0) is 13.5. The molecule has 0 radical (unpaired) electrons. The van der Waals surface area contributed by atoms with Gasteiger partial charge in [-0.1, -0.05) is 6.07 Å². The number of thioether (sulfide) groups is 1. The van der Waals surface area contributed by atoms with Crippen LogP contribution in [-0.2, 0) is 4.79 Å². The van der Waals surface area contributed by atoms with Crippen molar-refractivity contribution in [3.63, 3.8) is 0 Å². The van der Waals surface area contributed by atoms with Crippen molar-refractivity contribution in [3.05, 3.63) is 17.5 Å². The first-order chi connectivity index (χ1) is 9.29. The van der Waals surface area contributed by atoms with Crippen molar-refractivity contribution in [3.8, 4) is 0 Å². The van der Waals surface area contributed by atoms with Crippen molar-refractivity contribution in [2.24, 2.45) is 0 Å². The average Bonchev–Trinajstić information content (AvgIpc) is 2.82. The SMILES string of the molecule is O=C(CSc1cccs1)N1CCCN(CCO)CC1. The summed E-state index contributed by atoms with van der Waals surface area (Å²) in [5.41, 5.74) is 0. The fourth-order valence-electron chi connectivity index (χ4n) is 2.16. The summed E-state index contributed by atoms with van der Waals surface area (Å²) in [6, 6.07) is 4.06. The Morgan fingerprint density at radius 1 is 1.37 bits per heavy atom. The van der Waals surface area contributed by atoms with Crippen LogP contribution < -0.4 is 0 Å². The smallest absolute Gasteiger partial charge is 0.233 e. The summed E-state index contributed by atoms with van der Waals surface area (Å²) in [5, 5.41) is 11.0. The minimum absolute atomic E-state index is 0.197. The van der Waals surface area contributed by atoms with E-state index in [9.17, 15) is 4.79 Å². The molecule has 1 aromatic heterocycles. The van der Waals surface area contributed by atoms with Gasteiger partial charge >= 0.3 is 0 Å².